The fraction of sp³-hybridized carbons (Fsp3) is 0.407. The van der Waals surface area contributed by atoms with Gasteiger partial charge in [0.25, 0.3) is 0 Å². The van der Waals surface area contributed by atoms with Crippen molar-refractivity contribution in [1.29, 1.82) is 0 Å². The van der Waals surface area contributed by atoms with Crippen molar-refractivity contribution in [2.24, 2.45) is 17.8 Å². The number of carbonyl (C=O) groups excluding carboxylic acids is 4. The predicted molar refractivity (Wildman–Crippen MR) is 123 cm³/mol. The van der Waals surface area contributed by atoms with Gasteiger partial charge in [-0.05, 0) is 44.2 Å². The summed E-state index contributed by atoms with van der Waals surface area (Å²) >= 11 is 0. The zero-order valence-corrected chi connectivity index (χ0v) is 19.5. The first-order valence-electron chi connectivity index (χ1n) is 11.7. The van der Waals surface area contributed by atoms with Crippen LogP contribution in [0.3, 0.4) is 0 Å². The highest BCUT2D eigenvalue weighted by molar-refractivity contribution is 6.24. The average molecular weight is 462 g/mol. The Morgan fingerprint density at radius 1 is 1.12 bits per heavy atom. The molecule has 4 aliphatic rings. The number of ether oxygens (including phenoxy) is 1. The van der Waals surface area contributed by atoms with Gasteiger partial charge in [0, 0.05) is 34.7 Å². The average Bonchev–Trinajstić information content (AvgIpc) is 3.07. The quantitative estimate of drug-likeness (QED) is 0.420. The van der Waals surface area contributed by atoms with Crippen LogP contribution in [0.2, 0.25) is 0 Å². The number of likely N-dealkylation sites (tertiary alicyclic amines) is 1. The lowest BCUT2D eigenvalue weighted by molar-refractivity contribution is -0.140. The third-order valence-corrected chi connectivity index (χ3v) is 7.66. The van der Waals surface area contributed by atoms with Crippen LogP contribution in [0, 0.1) is 17.8 Å². The van der Waals surface area contributed by atoms with Gasteiger partial charge in [-0.1, -0.05) is 30.7 Å². The molecule has 7 heteroatoms. The molecule has 34 heavy (non-hydrogen) atoms. The highest BCUT2D eigenvalue weighted by Gasteiger charge is 2.56. The molecule has 4 atom stereocenters. The number of imide groups is 1. The van der Waals surface area contributed by atoms with Crippen LogP contribution in [-0.4, -0.2) is 47.0 Å². The molecular weight excluding hydrogens is 434 g/mol. The number of phenolic OH excluding ortho intramolecular Hbond substituents is 1. The number of rotatable bonds is 4. The minimum Gasteiger partial charge on any atom is -0.504 e. The van der Waals surface area contributed by atoms with Crippen molar-refractivity contribution in [2.45, 2.75) is 39.0 Å². The molecule has 0 spiro atoms. The first kappa shape index (κ1) is 22.3. The van der Waals surface area contributed by atoms with Gasteiger partial charge in [0.15, 0.2) is 23.1 Å². The fourth-order valence-corrected chi connectivity index (χ4v) is 6.16. The smallest absolute Gasteiger partial charge is 0.233 e. The second kappa shape index (κ2) is 8.08. The van der Waals surface area contributed by atoms with Crippen LogP contribution in [-0.2, 0) is 19.2 Å². The molecule has 1 aromatic rings. The topological polar surface area (TPSA) is 101 Å². The summed E-state index contributed by atoms with van der Waals surface area (Å²) in [4.78, 5) is 54.2. The Morgan fingerprint density at radius 2 is 1.88 bits per heavy atom. The van der Waals surface area contributed by atoms with Gasteiger partial charge >= 0.3 is 0 Å². The van der Waals surface area contributed by atoms with Crippen molar-refractivity contribution in [3.63, 3.8) is 0 Å². The van der Waals surface area contributed by atoms with Gasteiger partial charge in [-0.2, -0.15) is 0 Å². The number of fused-ring (bicyclic) bond motifs is 3. The lowest BCUT2D eigenvalue weighted by atomic mass is 9.59. The van der Waals surface area contributed by atoms with Crippen LogP contribution < -0.4 is 4.74 Å². The van der Waals surface area contributed by atoms with Crippen LogP contribution in [0.4, 0.5) is 0 Å². The molecule has 3 aliphatic carbocycles. The standard InChI is InChI=1S/C27H27NO6/c1-4-10-28-26(32)16-9-8-14-17(22(16)27(28)33)12-18-19(29)11-13(2)24(30)23(18)21(14)15-6-5-7-20(34-3)25(15)31/h5-8,11,16-17,21-22,31H,4,9-10,12H2,1-3H3. The number of hydrogen-bond acceptors (Lipinski definition) is 6. The number of para-hydroxylation sites is 1. The highest BCUT2D eigenvalue weighted by atomic mass is 16.5. The third kappa shape index (κ3) is 3.02. The van der Waals surface area contributed by atoms with Gasteiger partial charge in [-0.3, -0.25) is 24.1 Å². The molecular formula is C27H27NO6. The Labute approximate surface area is 197 Å². The number of amides is 2. The molecule has 1 heterocycles. The molecule has 176 valence electrons. The van der Waals surface area contributed by atoms with Crippen molar-refractivity contribution in [3.8, 4) is 11.5 Å². The number of nitrogens with zero attached hydrogens (tertiary/aromatic N) is 1. The van der Waals surface area contributed by atoms with Gasteiger partial charge < -0.3 is 9.84 Å². The molecule has 4 unspecified atom stereocenters. The lowest BCUT2D eigenvalue weighted by Crippen LogP contribution is -2.39. The summed E-state index contributed by atoms with van der Waals surface area (Å²) in [6.07, 6.45) is 4.60. The van der Waals surface area contributed by atoms with E-state index in [4.69, 9.17) is 4.74 Å². The Morgan fingerprint density at radius 3 is 2.59 bits per heavy atom. The lowest BCUT2D eigenvalue weighted by Gasteiger charge is -2.42. The second-order valence-electron chi connectivity index (χ2n) is 9.45. The maximum absolute atomic E-state index is 13.4. The van der Waals surface area contributed by atoms with Crippen molar-refractivity contribution in [2.75, 3.05) is 13.7 Å². The Balaban J connectivity index is 1.70. The summed E-state index contributed by atoms with van der Waals surface area (Å²) in [7, 11) is 1.45. The highest BCUT2D eigenvalue weighted by Crippen LogP contribution is 2.56. The predicted octanol–water partition coefficient (Wildman–Crippen LogP) is 3.24. The summed E-state index contributed by atoms with van der Waals surface area (Å²) in [6.45, 7) is 3.91. The molecule has 0 bridgehead atoms. The molecule has 1 fully saturated rings. The maximum Gasteiger partial charge on any atom is 0.233 e. The van der Waals surface area contributed by atoms with Crippen LogP contribution >= 0.6 is 0 Å². The number of aromatic hydroxyl groups is 1. The number of ketones is 2. The van der Waals surface area contributed by atoms with Gasteiger partial charge in [-0.25, -0.2) is 0 Å². The van der Waals surface area contributed by atoms with Gasteiger partial charge in [0.05, 0.1) is 18.9 Å². The molecule has 7 nitrogen and oxygen atoms in total. The summed E-state index contributed by atoms with van der Waals surface area (Å²) in [5.74, 6) is -2.78. The van der Waals surface area contributed by atoms with Crippen LogP contribution in [0.25, 0.3) is 0 Å². The van der Waals surface area contributed by atoms with Crippen molar-refractivity contribution in [1.82, 2.24) is 4.90 Å². The molecule has 5 rings (SSSR count). The largest absolute Gasteiger partial charge is 0.504 e. The fourth-order valence-electron chi connectivity index (χ4n) is 6.16. The van der Waals surface area contributed by atoms with Gasteiger partial charge in [-0.15, -0.1) is 0 Å². The molecule has 1 aromatic carbocycles. The van der Waals surface area contributed by atoms with Crippen LogP contribution in [0.1, 0.15) is 44.6 Å². The Hall–Kier alpha value is -3.48. The van der Waals surface area contributed by atoms with E-state index >= 15 is 0 Å². The third-order valence-electron chi connectivity index (χ3n) is 7.66. The maximum atomic E-state index is 13.4. The Bertz CT molecular complexity index is 1240. The Kier molecular flexibility index (Phi) is 5.30. The van der Waals surface area contributed by atoms with E-state index in [9.17, 15) is 24.3 Å². The monoisotopic (exact) mass is 461 g/mol. The van der Waals surface area contributed by atoms with E-state index in [1.165, 1.54) is 18.1 Å². The van der Waals surface area contributed by atoms with Crippen molar-refractivity contribution >= 4 is 23.4 Å². The molecule has 0 saturated carbocycles. The van der Waals surface area contributed by atoms with E-state index in [1.54, 1.807) is 25.1 Å². The van der Waals surface area contributed by atoms with E-state index in [2.05, 4.69) is 0 Å². The minimum absolute atomic E-state index is 0.0978. The zero-order chi connectivity index (χ0) is 24.3. The number of Topliss-reactive ketones (excluding diaryl/α,β-unsaturated/α-hetero) is 1. The summed E-state index contributed by atoms with van der Waals surface area (Å²) in [6, 6.07) is 5.08. The summed E-state index contributed by atoms with van der Waals surface area (Å²) in [5.41, 5.74) is 2.36. The van der Waals surface area contributed by atoms with E-state index in [0.717, 1.165) is 5.57 Å². The SMILES string of the molecule is CCCN1C(=O)C2CC=C3C(c4cccc(OC)c4O)C4=C(CC3C2C1=O)C(=O)C=C(C)C4=O. The number of carbonyl (C=O) groups is 4. The normalized spacial score (nSPS) is 28.4. The first-order valence-corrected chi connectivity index (χ1v) is 11.7. The molecule has 0 radical (unpaired) electrons. The van der Waals surface area contributed by atoms with Gasteiger partial charge in [0.2, 0.25) is 11.8 Å². The van der Waals surface area contributed by atoms with Gasteiger partial charge in [0.1, 0.15) is 0 Å². The zero-order valence-electron chi connectivity index (χ0n) is 19.5. The van der Waals surface area contributed by atoms with Crippen LogP contribution in [0.15, 0.2) is 52.6 Å². The summed E-state index contributed by atoms with van der Waals surface area (Å²) < 4.78 is 5.30. The molecule has 2 amide bonds. The van der Waals surface area contributed by atoms with E-state index in [1.807, 2.05) is 13.0 Å². The molecule has 0 aromatic heterocycles. The van der Waals surface area contributed by atoms with E-state index in [-0.39, 0.29) is 41.3 Å². The van der Waals surface area contributed by atoms with Crippen molar-refractivity contribution < 1.29 is 29.0 Å². The number of methoxy groups -OCH3 is 1. The number of hydrogen-bond donors (Lipinski definition) is 1. The summed E-state index contributed by atoms with van der Waals surface area (Å²) in [5, 5.41) is 11.0. The van der Waals surface area contributed by atoms with E-state index < -0.39 is 23.7 Å². The van der Waals surface area contributed by atoms with Crippen LogP contribution in [0.5, 0.6) is 11.5 Å². The number of allylic oxidation sites excluding steroid dienone is 6. The molecule has 1 saturated heterocycles. The number of benzene rings is 1. The minimum atomic E-state index is -0.687. The second-order valence-corrected chi connectivity index (χ2v) is 9.45. The molecule has 1 aliphatic heterocycles. The molecule has 1 N–H and O–H groups in total. The van der Waals surface area contributed by atoms with Crippen molar-refractivity contribution in [3.05, 3.63) is 58.2 Å². The number of phenols is 1. The van der Waals surface area contributed by atoms with E-state index in [0.29, 0.717) is 41.7 Å². The first-order chi connectivity index (χ1) is 16.3.